The lowest BCUT2D eigenvalue weighted by Gasteiger charge is -2.32. The maximum atomic E-state index is 12.1. The summed E-state index contributed by atoms with van der Waals surface area (Å²) in [4.78, 5) is 49.1. The van der Waals surface area contributed by atoms with E-state index in [9.17, 15) is 19.2 Å². The minimum absolute atomic E-state index is 0.0158. The number of primary amides is 1. The van der Waals surface area contributed by atoms with Gasteiger partial charge in [-0.2, -0.15) is 5.21 Å². The number of aromatic amines is 1. The van der Waals surface area contributed by atoms with E-state index in [1.165, 1.54) is 4.90 Å². The lowest BCUT2D eigenvalue weighted by atomic mass is 10.2. The van der Waals surface area contributed by atoms with Crippen molar-refractivity contribution < 1.29 is 19.2 Å². The normalized spacial score (nSPS) is 16.6. The standard InChI is InChI=1S/C10H14N8O4/c1-2-17-3-4-18(9(21)8(17)20)10(22)12-5(6(11)19)7-13-15-16-14-7/h5H,2-4H2,1H3,(H2,11,19)(H,12,22)(H,13,14,15,16). The van der Waals surface area contributed by atoms with Crippen molar-refractivity contribution >= 4 is 23.8 Å². The van der Waals surface area contributed by atoms with Crippen LogP contribution in [0, 0.1) is 0 Å². The van der Waals surface area contributed by atoms with Crippen molar-refractivity contribution in [1.82, 2.24) is 35.7 Å². The van der Waals surface area contributed by atoms with Crippen LogP contribution in [0.15, 0.2) is 0 Å². The van der Waals surface area contributed by atoms with E-state index in [0.717, 1.165) is 0 Å². The molecule has 5 amide bonds. The fourth-order valence-electron chi connectivity index (χ4n) is 1.93. The monoisotopic (exact) mass is 310 g/mol. The molecule has 0 aliphatic carbocycles. The Morgan fingerprint density at radius 2 is 2.09 bits per heavy atom. The zero-order valence-corrected chi connectivity index (χ0v) is 11.6. The number of nitrogens with one attached hydrogen (secondary N) is 2. The molecule has 0 radical (unpaired) electrons. The predicted octanol–water partition coefficient (Wildman–Crippen LogP) is -2.87. The lowest BCUT2D eigenvalue weighted by Crippen LogP contribution is -2.59. The van der Waals surface area contributed by atoms with Crippen LogP contribution >= 0.6 is 0 Å². The highest BCUT2D eigenvalue weighted by atomic mass is 16.2. The summed E-state index contributed by atoms with van der Waals surface area (Å²) in [6, 6.07) is -2.29. The molecule has 2 heterocycles. The van der Waals surface area contributed by atoms with Crippen LogP contribution in [-0.4, -0.2) is 73.8 Å². The maximum absolute atomic E-state index is 12.1. The van der Waals surface area contributed by atoms with E-state index in [0.29, 0.717) is 11.4 Å². The molecule has 1 unspecified atom stereocenters. The SMILES string of the molecule is CCN1CCN(C(=O)NC(C(N)=O)c2nn[nH]n2)C(=O)C1=O. The average Bonchev–Trinajstić information content (AvgIpc) is 3.00. The number of piperazine rings is 1. The number of imide groups is 1. The summed E-state index contributed by atoms with van der Waals surface area (Å²) >= 11 is 0. The second-order valence-corrected chi connectivity index (χ2v) is 4.40. The van der Waals surface area contributed by atoms with Gasteiger partial charge in [-0.05, 0) is 6.92 Å². The van der Waals surface area contributed by atoms with Crippen molar-refractivity contribution in [2.45, 2.75) is 13.0 Å². The Morgan fingerprint density at radius 1 is 1.36 bits per heavy atom. The van der Waals surface area contributed by atoms with Gasteiger partial charge in [0.1, 0.15) is 0 Å². The number of H-pyrrole nitrogens is 1. The van der Waals surface area contributed by atoms with Crippen LogP contribution < -0.4 is 11.1 Å². The molecule has 4 N–H and O–H groups in total. The van der Waals surface area contributed by atoms with E-state index in [1.54, 1.807) is 6.92 Å². The third-order valence-corrected chi connectivity index (χ3v) is 3.11. The summed E-state index contributed by atoms with van der Waals surface area (Å²) in [6.45, 7) is 2.33. The molecule has 1 aromatic heterocycles. The second kappa shape index (κ2) is 6.15. The summed E-state index contributed by atoms with van der Waals surface area (Å²) in [7, 11) is 0. The van der Waals surface area contributed by atoms with Gasteiger partial charge in [-0.3, -0.25) is 19.3 Å². The Morgan fingerprint density at radius 3 is 2.64 bits per heavy atom. The van der Waals surface area contributed by atoms with Crippen molar-refractivity contribution in [1.29, 1.82) is 0 Å². The van der Waals surface area contributed by atoms with Gasteiger partial charge in [0.25, 0.3) is 0 Å². The summed E-state index contributed by atoms with van der Waals surface area (Å²) < 4.78 is 0. The Hall–Kier alpha value is -3.05. The Bertz CT molecular complexity index is 600. The highest BCUT2D eigenvalue weighted by Gasteiger charge is 2.37. The number of nitrogens with zero attached hydrogens (tertiary/aromatic N) is 5. The van der Waals surface area contributed by atoms with Crippen LogP contribution in [0.1, 0.15) is 18.8 Å². The predicted molar refractivity (Wildman–Crippen MR) is 68.6 cm³/mol. The zero-order chi connectivity index (χ0) is 16.3. The van der Waals surface area contributed by atoms with Gasteiger partial charge in [0.05, 0.1) is 0 Å². The van der Waals surface area contributed by atoms with E-state index in [2.05, 4.69) is 25.9 Å². The minimum atomic E-state index is -1.36. The van der Waals surface area contributed by atoms with E-state index in [-0.39, 0.29) is 18.9 Å². The van der Waals surface area contributed by atoms with Crippen LogP contribution in [-0.2, 0) is 14.4 Å². The molecule has 1 aliphatic heterocycles. The molecule has 0 saturated carbocycles. The third kappa shape index (κ3) is 2.84. The second-order valence-electron chi connectivity index (χ2n) is 4.40. The number of aromatic nitrogens is 4. The number of nitrogens with two attached hydrogens (primary N) is 1. The molecule has 1 atom stereocenters. The Balaban J connectivity index is 2.10. The summed E-state index contributed by atoms with van der Waals surface area (Å²) in [5.74, 6) is -2.83. The minimum Gasteiger partial charge on any atom is -0.367 e. The molecule has 2 rings (SSSR count). The molecular formula is C10H14N8O4. The largest absolute Gasteiger partial charge is 0.367 e. The van der Waals surface area contributed by atoms with Gasteiger partial charge in [-0.15, -0.1) is 10.2 Å². The van der Waals surface area contributed by atoms with Gasteiger partial charge >= 0.3 is 17.8 Å². The van der Waals surface area contributed by atoms with Gasteiger partial charge in [-0.1, -0.05) is 5.21 Å². The quantitative estimate of drug-likeness (QED) is 0.502. The summed E-state index contributed by atoms with van der Waals surface area (Å²) in [5, 5.41) is 14.7. The van der Waals surface area contributed by atoms with Gasteiger partial charge in [0.15, 0.2) is 6.04 Å². The molecule has 0 spiro atoms. The zero-order valence-electron chi connectivity index (χ0n) is 11.6. The number of hydrogen-bond acceptors (Lipinski definition) is 7. The number of carbonyl (C=O) groups excluding carboxylic acids is 4. The molecule has 1 saturated heterocycles. The average molecular weight is 310 g/mol. The van der Waals surface area contributed by atoms with Crippen molar-refractivity contribution in [2.24, 2.45) is 5.73 Å². The maximum Gasteiger partial charge on any atom is 0.325 e. The van der Waals surface area contributed by atoms with Gasteiger partial charge in [-0.25, -0.2) is 4.79 Å². The first-order valence-corrected chi connectivity index (χ1v) is 6.39. The smallest absolute Gasteiger partial charge is 0.325 e. The number of urea groups is 1. The molecule has 1 aromatic rings. The number of tetrazole rings is 1. The fraction of sp³-hybridized carbons (Fsp3) is 0.500. The summed E-state index contributed by atoms with van der Waals surface area (Å²) in [5.41, 5.74) is 5.16. The van der Waals surface area contributed by atoms with E-state index in [1.807, 2.05) is 0 Å². The molecule has 1 aliphatic rings. The first-order valence-electron chi connectivity index (χ1n) is 6.39. The topological polar surface area (TPSA) is 167 Å². The van der Waals surface area contributed by atoms with Crippen LogP contribution in [0.4, 0.5) is 4.79 Å². The number of likely N-dealkylation sites (N-methyl/N-ethyl adjacent to an activating group) is 1. The molecule has 0 aromatic carbocycles. The van der Waals surface area contributed by atoms with Crippen LogP contribution in [0.2, 0.25) is 0 Å². The van der Waals surface area contributed by atoms with E-state index < -0.39 is 29.8 Å². The molecule has 22 heavy (non-hydrogen) atoms. The Labute approximate surface area is 124 Å². The Kier molecular flexibility index (Phi) is 4.29. The lowest BCUT2D eigenvalue weighted by molar-refractivity contribution is -0.153. The summed E-state index contributed by atoms with van der Waals surface area (Å²) in [6.07, 6.45) is 0. The van der Waals surface area contributed by atoms with Crippen LogP contribution in [0.5, 0.6) is 0 Å². The molecule has 12 heteroatoms. The molecule has 12 nitrogen and oxygen atoms in total. The van der Waals surface area contributed by atoms with Crippen LogP contribution in [0.25, 0.3) is 0 Å². The third-order valence-electron chi connectivity index (χ3n) is 3.11. The van der Waals surface area contributed by atoms with Crippen molar-refractivity contribution in [3.8, 4) is 0 Å². The van der Waals surface area contributed by atoms with Gasteiger partial charge in [0.2, 0.25) is 11.7 Å². The number of rotatable bonds is 4. The number of hydrogen-bond donors (Lipinski definition) is 3. The highest BCUT2D eigenvalue weighted by molar-refractivity contribution is 6.38. The van der Waals surface area contributed by atoms with E-state index in [4.69, 9.17) is 5.73 Å². The van der Waals surface area contributed by atoms with Crippen molar-refractivity contribution in [2.75, 3.05) is 19.6 Å². The first kappa shape index (κ1) is 15.3. The number of carbonyl (C=O) groups is 4. The van der Waals surface area contributed by atoms with Gasteiger partial charge < -0.3 is 16.0 Å². The first-order chi connectivity index (χ1) is 10.5. The number of amides is 5. The highest BCUT2D eigenvalue weighted by Crippen LogP contribution is 2.09. The van der Waals surface area contributed by atoms with E-state index >= 15 is 0 Å². The van der Waals surface area contributed by atoms with Crippen molar-refractivity contribution in [3.05, 3.63) is 5.82 Å². The molecule has 1 fully saturated rings. The molecule has 0 bridgehead atoms. The van der Waals surface area contributed by atoms with Crippen LogP contribution in [0.3, 0.4) is 0 Å². The molecular weight excluding hydrogens is 296 g/mol. The van der Waals surface area contributed by atoms with Crippen molar-refractivity contribution in [3.63, 3.8) is 0 Å². The fourth-order valence-corrected chi connectivity index (χ4v) is 1.93. The molecule has 118 valence electrons. The van der Waals surface area contributed by atoms with Gasteiger partial charge in [0, 0.05) is 19.6 Å².